The van der Waals surface area contributed by atoms with Crippen LogP contribution in [0.25, 0.3) is 0 Å². The lowest BCUT2D eigenvalue weighted by atomic mass is 9.55. The van der Waals surface area contributed by atoms with Crippen molar-refractivity contribution in [3.05, 3.63) is 82.4 Å². The van der Waals surface area contributed by atoms with Gasteiger partial charge in [-0.3, -0.25) is 15.0 Å². The summed E-state index contributed by atoms with van der Waals surface area (Å²) >= 11 is 0. The molecule has 5 rings (SSSR count). The van der Waals surface area contributed by atoms with E-state index < -0.39 is 40.5 Å². The number of rotatable bonds is 29. The highest BCUT2D eigenvalue weighted by Crippen LogP contribution is 2.62. The number of allylic oxidation sites excluding steroid dienone is 1. The van der Waals surface area contributed by atoms with Gasteiger partial charge in [-0.2, -0.15) is 0 Å². The number of nitrogens with zero attached hydrogens (tertiary/aromatic N) is 3. The molecular formula is C54H80N4O11. The van der Waals surface area contributed by atoms with E-state index in [1.54, 1.807) is 17.0 Å². The second-order valence-corrected chi connectivity index (χ2v) is 19.8. The summed E-state index contributed by atoms with van der Waals surface area (Å²) in [6.07, 6.45) is 19.6. The fourth-order valence-electron chi connectivity index (χ4n) is 10.3. The van der Waals surface area contributed by atoms with Crippen LogP contribution in [0.1, 0.15) is 162 Å². The average molecular weight is 961 g/mol. The van der Waals surface area contributed by atoms with Crippen LogP contribution in [0.3, 0.4) is 0 Å². The number of hydrogen-bond acceptors (Lipinski definition) is 12. The summed E-state index contributed by atoms with van der Waals surface area (Å²) < 4.78 is 26.3. The molecule has 2 aromatic rings. The average Bonchev–Trinajstić information content (AvgIpc) is 3.32. The second-order valence-electron chi connectivity index (χ2n) is 19.8. The zero-order valence-electron chi connectivity index (χ0n) is 42.0. The summed E-state index contributed by atoms with van der Waals surface area (Å²) in [5.41, 5.74) is 1.51. The Kier molecular flexibility index (Phi) is 21.8. The van der Waals surface area contributed by atoms with Gasteiger partial charge in [-0.1, -0.05) is 102 Å². The molecule has 15 heteroatoms. The monoisotopic (exact) mass is 961 g/mol. The molecular weight excluding hydrogens is 881 g/mol. The van der Waals surface area contributed by atoms with E-state index in [-0.39, 0.29) is 62.0 Å². The Balaban J connectivity index is 1.57. The van der Waals surface area contributed by atoms with Crippen LogP contribution in [0, 0.1) is 27.9 Å². The lowest BCUT2D eigenvalue weighted by molar-refractivity contribution is -0.384. The number of oxime groups is 1. The number of benzene rings is 2. The van der Waals surface area contributed by atoms with Crippen LogP contribution in [-0.2, 0) is 9.57 Å². The van der Waals surface area contributed by atoms with Gasteiger partial charge in [0.15, 0.2) is 0 Å². The van der Waals surface area contributed by atoms with Gasteiger partial charge in [0.1, 0.15) is 28.9 Å². The van der Waals surface area contributed by atoms with Crippen molar-refractivity contribution in [1.29, 1.82) is 0 Å². The molecule has 0 spiro atoms. The van der Waals surface area contributed by atoms with Gasteiger partial charge in [0.25, 0.3) is 5.69 Å². The van der Waals surface area contributed by atoms with E-state index in [0.717, 1.165) is 56.1 Å². The van der Waals surface area contributed by atoms with E-state index in [9.17, 15) is 29.9 Å². The number of nitro groups is 1. The van der Waals surface area contributed by atoms with Crippen molar-refractivity contribution in [2.45, 2.75) is 174 Å². The molecule has 3 aliphatic rings. The molecule has 3 N–H and O–H groups in total. The predicted octanol–water partition coefficient (Wildman–Crippen LogP) is 11.9. The third kappa shape index (κ3) is 15.3. The number of hydrogen-bond donors (Lipinski definition) is 3. The van der Waals surface area contributed by atoms with E-state index in [4.69, 9.17) is 28.9 Å². The quantitative estimate of drug-likeness (QED) is 0.0304. The molecule has 1 aliphatic heterocycles. The van der Waals surface area contributed by atoms with Gasteiger partial charge in [-0.15, -0.1) is 6.58 Å². The third-order valence-electron chi connectivity index (χ3n) is 13.4. The van der Waals surface area contributed by atoms with Crippen LogP contribution in [0.2, 0.25) is 0 Å². The Hall–Kier alpha value is -4.99. The molecule has 0 radical (unpaired) electrons. The van der Waals surface area contributed by atoms with Gasteiger partial charge in [-0.25, -0.2) is 9.59 Å². The van der Waals surface area contributed by atoms with Crippen molar-refractivity contribution in [2.75, 3.05) is 32.9 Å². The molecule has 2 aliphatic carbocycles. The Morgan fingerprint density at radius 1 is 0.899 bits per heavy atom. The van der Waals surface area contributed by atoms with Crippen LogP contribution in [0.5, 0.6) is 17.2 Å². The number of non-ortho nitro benzene ring substituents is 1. The number of nitrogens with one attached hydrogen (secondary N) is 1. The van der Waals surface area contributed by atoms with Crippen LogP contribution in [-0.4, -0.2) is 88.3 Å². The number of fused-ring (bicyclic) bond motifs is 2. The number of unbranched alkanes of at least 4 members (excludes halogenated alkanes) is 11. The molecule has 1 heterocycles. The normalized spacial score (nSPS) is 22.1. The summed E-state index contributed by atoms with van der Waals surface area (Å²) in [6, 6.07) is 9.93. The van der Waals surface area contributed by atoms with Gasteiger partial charge in [0.05, 0.1) is 23.2 Å². The van der Waals surface area contributed by atoms with Crippen molar-refractivity contribution in [2.24, 2.45) is 22.9 Å². The fourth-order valence-corrected chi connectivity index (χ4v) is 10.3. The molecule has 6 atom stereocenters. The molecule has 15 nitrogen and oxygen atoms in total. The Morgan fingerprint density at radius 2 is 1.55 bits per heavy atom. The lowest BCUT2D eigenvalue weighted by Crippen LogP contribution is -2.70. The number of amides is 2. The third-order valence-corrected chi connectivity index (χ3v) is 13.4. The lowest BCUT2D eigenvalue weighted by Gasteiger charge is -2.60. The molecule has 1 fully saturated rings. The van der Waals surface area contributed by atoms with Crippen molar-refractivity contribution < 1.29 is 48.5 Å². The molecule has 382 valence electrons. The molecule has 0 aromatic heterocycles. The summed E-state index contributed by atoms with van der Waals surface area (Å²) in [5.74, 6) is -1.52. The first-order valence-electron chi connectivity index (χ1n) is 25.8. The van der Waals surface area contributed by atoms with Crippen LogP contribution < -0.4 is 19.5 Å². The number of nitro benzene ring substituents is 1. The minimum absolute atomic E-state index is 0.00119. The minimum Gasteiger partial charge on any atom is -0.459 e. The van der Waals surface area contributed by atoms with Crippen LogP contribution >= 0.6 is 0 Å². The molecule has 2 aromatic carbocycles. The Bertz CT molecular complexity index is 2020. The number of aliphatic hydroxyl groups excluding tert-OH is 2. The largest absolute Gasteiger partial charge is 0.459 e. The van der Waals surface area contributed by atoms with E-state index >= 15 is 0 Å². The number of aliphatic hydroxyl groups is 2. The topological polar surface area (TPSA) is 192 Å². The highest BCUT2D eigenvalue weighted by Gasteiger charge is 2.65. The van der Waals surface area contributed by atoms with Gasteiger partial charge < -0.3 is 39.3 Å². The summed E-state index contributed by atoms with van der Waals surface area (Å²) in [6.45, 7) is 14.9. The van der Waals surface area contributed by atoms with Gasteiger partial charge in [0, 0.05) is 56.3 Å². The zero-order valence-corrected chi connectivity index (χ0v) is 42.0. The number of carbonyl (C=O) groups is 2. The van der Waals surface area contributed by atoms with E-state index in [1.807, 2.05) is 39.8 Å². The fraction of sp³-hybridized carbons (Fsp3) is 0.648. The van der Waals surface area contributed by atoms with Gasteiger partial charge in [0.2, 0.25) is 5.79 Å². The molecule has 0 bridgehead atoms. The highest BCUT2D eigenvalue weighted by atomic mass is 16.7. The van der Waals surface area contributed by atoms with Crippen molar-refractivity contribution >= 4 is 23.6 Å². The number of carbonyl (C=O) groups excluding carboxylic acids is 2. The molecule has 69 heavy (non-hydrogen) atoms. The maximum Gasteiger partial charge on any atom is 0.415 e. The van der Waals surface area contributed by atoms with E-state index in [1.165, 1.54) is 69.2 Å². The summed E-state index contributed by atoms with van der Waals surface area (Å²) in [7, 11) is 0. The zero-order chi connectivity index (χ0) is 49.8. The molecule has 2 amide bonds. The molecule has 0 saturated heterocycles. The van der Waals surface area contributed by atoms with Gasteiger partial charge in [-0.05, 0) is 107 Å². The maximum atomic E-state index is 14.7. The first-order chi connectivity index (χ1) is 33.3. The van der Waals surface area contributed by atoms with Gasteiger partial charge >= 0.3 is 12.2 Å². The highest BCUT2D eigenvalue weighted by molar-refractivity contribution is 6.03. The predicted molar refractivity (Wildman–Crippen MR) is 268 cm³/mol. The number of ether oxygens (including phenoxy) is 4. The van der Waals surface area contributed by atoms with Crippen molar-refractivity contribution in [1.82, 2.24) is 10.2 Å². The Morgan fingerprint density at radius 3 is 2.17 bits per heavy atom. The SMILES string of the molecule is C=CCOC12Oc3ccc(OC(=O)NCCCCCCCCCCCC)cc3C3C(CCCCO)C(CCCCO)C=C(C(=NOC(C)(C)C)CC1N(CCC)C(=O)Oc1ccc([N+](=O)[O-])cc1)C32. The first kappa shape index (κ1) is 54.9. The van der Waals surface area contributed by atoms with Crippen molar-refractivity contribution in [3.8, 4) is 17.2 Å². The van der Waals surface area contributed by atoms with Crippen LogP contribution in [0.15, 0.2) is 71.9 Å². The minimum atomic E-state index is -1.54. The van der Waals surface area contributed by atoms with Crippen molar-refractivity contribution in [3.63, 3.8) is 0 Å². The summed E-state index contributed by atoms with van der Waals surface area (Å²) in [5, 5.41) is 39.2. The molecule has 1 saturated carbocycles. The Labute approximate surface area is 410 Å². The maximum absolute atomic E-state index is 14.7. The smallest absolute Gasteiger partial charge is 0.415 e. The van der Waals surface area contributed by atoms with E-state index in [2.05, 4.69) is 24.9 Å². The molecule has 6 unspecified atom stereocenters. The standard InChI is InChI=1S/C54H80N4O11/c1-7-10-11-12-13-14-15-16-17-20-31-55-51(61)66-42-29-30-47-45(37-42)49-43(24-19-22-34-60)39(23-18-21-33-59)36-44-46(56-69-53(4,5)6)38-48(54(68-47,50(44)49)65-35-9-3)57(32-8-2)52(62)67-41-27-25-40(26-28-41)58(63)64/h9,25-30,36-37,39,43,48-50,59-60H,3,7-8,10-24,31-35,38H2,1-2,4-6H3,(H,55,61). The van der Waals surface area contributed by atoms with E-state index in [0.29, 0.717) is 43.0 Å². The first-order valence-corrected chi connectivity index (χ1v) is 25.8. The van der Waals surface area contributed by atoms with Crippen LogP contribution in [0.4, 0.5) is 15.3 Å². The second kappa shape index (κ2) is 27.4. The summed E-state index contributed by atoms with van der Waals surface area (Å²) in [4.78, 5) is 46.8.